The Kier molecular flexibility index (Phi) is 6.16. The van der Waals surface area contributed by atoms with E-state index in [4.69, 9.17) is 19.8 Å². The number of rotatable bonds is 4. The Morgan fingerprint density at radius 2 is 1.82 bits per heavy atom. The molecule has 28 heavy (non-hydrogen) atoms. The topological polar surface area (TPSA) is 82.8 Å². The molecule has 1 aromatic carbocycles. The predicted octanol–water partition coefficient (Wildman–Crippen LogP) is 3.95. The summed E-state index contributed by atoms with van der Waals surface area (Å²) in [5.74, 6) is -0.430. The molecule has 8 heteroatoms. The SMILES string of the molecule is CC(C)(C)OC(=O)NCC(=Cc1cc(N)ccc1F)B1OC(C)(C)C(C)(C)O1. The molecule has 1 fully saturated rings. The highest BCUT2D eigenvalue weighted by Gasteiger charge is 2.52. The fourth-order valence-corrected chi connectivity index (χ4v) is 2.56. The maximum absolute atomic E-state index is 14.2. The number of halogens is 1. The van der Waals surface area contributed by atoms with Crippen LogP contribution in [0.2, 0.25) is 0 Å². The van der Waals surface area contributed by atoms with Crippen LogP contribution in [0, 0.1) is 5.82 Å². The third-order valence-corrected chi connectivity index (χ3v) is 4.75. The summed E-state index contributed by atoms with van der Waals surface area (Å²) in [5.41, 5.74) is 5.28. The van der Waals surface area contributed by atoms with Crippen LogP contribution in [0.4, 0.5) is 14.9 Å². The van der Waals surface area contributed by atoms with Crippen LogP contribution in [0.25, 0.3) is 6.08 Å². The van der Waals surface area contributed by atoms with Gasteiger partial charge in [0.05, 0.1) is 11.2 Å². The molecule has 0 unspecified atom stereocenters. The first-order chi connectivity index (χ1) is 12.7. The molecule has 1 aliphatic rings. The molecule has 0 aromatic heterocycles. The Labute approximate surface area is 166 Å². The lowest BCUT2D eigenvalue weighted by atomic mass is 9.77. The van der Waals surface area contributed by atoms with E-state index >= 15 is 0 Å². The number of carbonyl (C=O) groups excluding carboxylic acids is 1. The van der Waals surface area contributed by atoms with Gasteiger partial charge in [-0.1, -0.05) is 6.08 Å². The van der Waals surface area contributed by atoms with Gasteiger partial charge in [0.2, 0.25) is 0 Å². The van der Waals surface area contributed by atoms with Gasteiger partial charge in [0.15, 0.2) is 0 Å². The Hall–Kier alpha value is -2.06. The van der Waals surface area contributed by atoms with Crippen molar-refractivity contribution in [2.45, 2.75) is 65.3 Å². The third-order valence-electron chi connectivity index (χ3n) is 4.75. The van der Waals surface area contributed by atoms with Crippen molar-refractivity contribution in [1.82, 2.24) is 5.32 Å². The second-order valence-electron chi connectivity index (χ2n) is 8.94. The van der Waals surface area contributed by atoms with Gasteiger partial charge in [0.25, 0.3) is 0 Å². The summed E-state index contributed by atoms with van der Waals surface area (Å²) < 4.78 is 31.7. The molecular formula is C20H30BFN2O4. The summed E-state index contributed by atoms with van der Waals surface area (Å²) in [6.45, 7) is 13.1. The van der Waals surface area contributed by atoms with Crippen LogP contribution in [0.5, 0.6) is 0 Å². The van der Waals surface area contributed by atoms with Crippen LogP contribution < -0.4 is 11.1 Å². The van der Waals surface area contributed by atoms with Crippen LogP contribution in [0.1, 0.15) is 54.0 Å². The zero-order valence-electron chi connectivity index (χ0n) is 17.7. The van der Waals surface area contributed by atoms with E-state index in [1.54, 1.807) is 26.8 Å². The lowest BCUT2D eigenvalue weighted by molar-refractivity contribution is 0.00578. The van der Waals surface area contributed by atoms with E-state index in [0.717, 1.165) is 0 Å². The zero-order chi connectivity index (χ0) is 21.3. The Morgan fingerprint density at radius 1 is 1.25 bits per heavy atom. The number of ether oxygens (including phenoxy) is 1. The standard InChI is InChI=1S/C20H30BFN2O4/c1-18(2,3)26-17(25)24-12-14(10-13-11-15(23)8-9-16(13)22)21-27-19(4,5)20(6,7)28-21/h8-11H,12,23H2,1-7H3,(H,24,25). The normalized spacial score (nSPS) is 18.9. The summed E-state index contributed by atoms with van der Waals surface area (Å²) in [6, 6.07) is 4.30. The number of nitrogens with two attached hydrogens (primary N) is 1. The molecule has 154 valence electrons. The van der Waals surface area contributed by atoms with Crippen molar-refractivity contribution in [3.63, 3.8) is 0 Å². The van der Waals surface area contributed by atoms with Crippen molar-refractivity contribution in [3.8, 4) is 0 Å². The molecular weight excluding hydrogens is 362 g/mol. The number of alkyl carbamates (subject to hydrolysis) is 1. The molecule has 3 N–H and O–H groups in total. The molecule has 2 rings (SSSR count). The first kappa shape index (κ1) is 22.2. The number of amides is 1. The Morgan fingerprint density at radius 3 is 2.36 bits per heavy atom. The highest BCUT2D eigenvalue weighted by molar-refractivity contribution is 6.56. The van der Waals surface area contributed by atoms with Crippen molar-refractivity contribution in [1.29, 1.82) is 0 Å². The molecule has 1 aromatic rings. The number of carbonyl (C=O) groups is 1. The van der Waals surface area contributed by atoms with Crippen LogP contribution in [-0.4, -0.2) is 36.6 Å². The zero-order valence-corrected chi connectivity index (χ0v) is 17.7. The second kappa shape index (κ2) is 7.76. The van der Waals surface area contributed by atoms with Gasteiger partial charge in [-0.2, -0.15) is 0 Å². The Bertz CT molecular complexity index is 756. The highest BCUT2D eigenvalue weighted by Crippen LogP contribution is 2.38. The van der Waals surface area contributed by atoms with E-state index in [-0.39, 0.29) is 12.1 Å². The fraction of sp³-hybridized carbons (Fsp3) is 0.550. The molecule has 0 spiro atoms. The number of anilines is 1. The minimum absolute atomic E-state index is 0.0694. The number of benzene rings is 1. The van der Waals surface area contributed by atoms with Crippen LogP contribution in [0.15, 0.2) is 23.7 Å². The smallest absolute Gasteiger partial charge is 0.444 e. The van der Waals surface area contributed by atoms with Gasteiger partial charge >= 0.3 is 13.2 Å². The van der Waals surface area contributed by atoms with Gasteiger partial charge in [0, 0.05) is 17.8 Å². The monoisotopic (exact) mass is 392 g/mol. The molecule has 0 radical (unpaired) electrons. The molecule has 0 atom stereocenters. The van der Waals surface area contributed by atoms with E-state index in [9.17, 15) is 9.18 Å². The second-order valence-corrected chi connectivity index (χ2v) is 8.94. The number of nitrogen functional groups attached to an aromatic ring is 1. The van der Waals surface area contributed by atoms with Gasteiger partial charge in [-0.3, -0.25) is 0 Å². The van der Waals surface area contributed by atoms with Crippen LogP contribution >= 0.6 is 0 Å². The first-order valence-electron chi connectivity index (χ1n) is 9.28. The third kappa shape index (κ3) is 5.48. The van der Waals surface area contributed by atoms with Gasteiger partial charge < -0.3 is 25.1 Å². The summed E-state index contributed by atoms with van der Waals surface area (Å²) in [5, 5.41) is 2.68. The lowest BCUT2D eigenvalue weighted by Gasteiger charge is -2.32. The van der Waals surface area contributed by atoms with Gasteiger partial charge in [0.1, 0.15) is 11.4 Å². The minimum Gasteiger partial charge on any atom is -0.444 e. The van der Waals surface area contributed by atoms with E-state index < -0.39 is 35.8 Å². The van der Waals surface area contributed by atoms with Crippen LogP contribution in [-0.2, 0) is 14.0 Å². The molecule has 0 saturated carbocycles. The molecule has 0 bridgehead atoms. The van der Waals surface area contributed by atoms with Crippen LogP contribution in [0.3, 0.4) is 0 Å². The van der Waals surface area contributed by atoms with Crippen molar-refractivity contribution >= 4 is 25.0 Å². The van der Waals surface area contributed by atoms with Crippen molar-refractivity contribution in [2.24, 2.45) is 0 Å². The quantitative estimate of drug-likeness (QED) is 0.599. The summed E-state index contributed by atoms with van der Waals surface area (Å²) in [4.78, 5) is 12.1. The molecule has 1 aliphatic heterocycles. The van der Waals surface area contributed by atoms with Crippen molar-refractivity contribution in [2.75, 3.05) is 12.3 Å². The fourth-order valence-electron chi connectivity index (χ4n) is 2.56. The van der Waals surface area contributed by atoms with Gasteiger partial charge in [-0.15, -0.1) is 0 Å². The van der Waals surface area contributed by atoms with Crippen molar-refractivity contribution < 1.29 is 23.2 Å². The highest BCUT2D eigenvalue weighted by atomic mass is 19.1. The van der Waals surface area contributed by atoms with E-state index in [1.807, 2.05) is 27.7 Å². The summed E-state index contributed by atoms with van der Waals surface area (Å²) in [6.07, 6.45) is 1.01. The molecule has 1 saturated heterocycles. The average Bonchev–Trinajstić information content (AvgIpc) is 2.73. The largest absolute Gasteiger partial charge is 0.492 e. The van der Waals surface area contributed by atoms with Gasteiger partial charge in [-0.25, -0.2) is 9.18 Å². The minimum atomic E-state index is -0.749. The lowest BCUT2D eigenvalue weighted by Crippen LogP contribution is -2.41. The molecule has 1 amide bonds. The number of hydrogen-bond acceptors (Lipinski definition) is 5. The summed E-state index contributed by atoms with van der Waals surface area (Å²) >= 11 is 0. The van der Waals surface area contributed by atoms with E-state index in [0.29, 0.717) is 11.2 Å². The van der Waals surface area contributed by atoms with E-state index in [1.165, 1.54) is 18.2 Å². The maximum Gasteiger partial charge on any atom is 0.492 e. The number of nitrogens with one attached hydrogen (secondary N) is 1. The maximum atomic E-state index is 14.2. The first-order valence-corrected chi connectivity index (χ1v) is 9.28. The average molecular weight is 392 g/mol. The number of hydrogen-bond donors (Lipinski definition) is 2. The molecule has 1 heterocycles. The predicted molar refractivity (Wildman–Crippen MR) is 109 cm³/mol. The van der Waals surface area contributed by atoms with Gasteiger partial charge in [-0.05, 0) is 72.1 Å². The Balaban J connectivity index is 2.30. The molecule has 0 aliphatic carbocycles. The van der Waals surface area contributed by atoms with E-state index in [2.05, 4.69) is 5.32 Å². The van der Waals surface area contributed by atoms with Crippen molar-refractivity contribution in [3.05, 3.63) is 35.1 Å². The molecule has 6 nitrogen and oxygen atoms in total. The summed E-state index contributed by atoms with van der Waals surface area (Å²) in [7, 11) is -0.749.